The fraction of sp³-hybridized carbons (Fsp3) is 0.679. The van der Waals surface area contributed by atoms with Crippen LogP contribution in [0, 0.1) is 5.41 Å². The van der Waals surface area contributed by atoms with Crippen molar-refractivity contribution in [3.63, 3.8) is 0 Å². The molecule has 0 heterocycles. The monoisotopic (exact) mass is 416 g/mol. The number of esters is 1. The second kappa shape index (κ2) is 19.4. The minimum Gasteiger partial charge on any atom is -0.462 e. The van der Waals surface area contributed by atoms with Crippen LogP contribution in [0.4, 0.5) is 0 Å². The number of ether oxygens (including phenoxy) is 1. The third-order valence-corrected chi connectivity index (χ3v) is 4.80. The molecular formula is C28H48O2. The highest BCUT2D eigenvalue weighted by Gasteiger charge is 2.20. The predicted molar refractivity (Wildman–Crippen MR) is 133 cm³/mol. The third kappa shape index (κ3) is 21.1. The van der Waals surface area contributed by atoms with Crippen LogP contribution in [-0.4, -0.2) is 12.1 Å². The van der Waals surface area contributed by atoms with Crippen molar-refractivity contribution in [1.29, 1.82) is 0 Å². The minimum atomic E-state index is -0.0537. The first-order valence-corrected chi connectivity index (χ1v) is 12.2. The van der Waals surface area contributed by atoms with Crippen molar-refractivity contribution in [1.82, 2.24) is 0 Å². The standard InChI is InChI=1S/C28H48O2/c1-6-8-9-10-11-12-13-14-15-16-17-18-19-20-21-22-23-24-27(29)30-26(7-2)25-28(3,4)5/h11-12,14-15,17-18,20-21,26H,6-10,13,16,19,22-25H2,1-5H3/b12-11-,15-14-,18-17-,21-20-. The van der Waals surface area contributed by atoms with Gasteiger partial charge in [0.15, 0.2) is 0 Å². The highest BCUT2D eigenvalue weighted by Crippen LogP contribution is 2.24. The van der Waals surface area contributed by atoms with Crippen molar-refractivity contribution in [2.75, 3.05) is 0 Å². The number of carbonyl (C=O) groups excluding carboxylic acids is 1. The maximum atomic E-state index is 12.0. The Labute approximate surface area is 187 Å². The van der Waals surface area contributed by atoms with E-state index in [1.807, 2.05) is 0 Å². The second-order valence-corrected chi connectivity index (χ2v) is 9.27. The molecule has 0 radical (unpaired) electrons. The maximum Gasteiger partial charge on any atom is 0.306 e. The zero-order chi connectivity index (χ0) is 22.5. The molecular weight excluding hydrogens is 368 g/mol. The number of carbonyl (C=O) groups is 1. The van der Waals surface area contributed by atoms with Crippen LogP contribution >= 0.6 is 0 Å². The molecule has 0 saturated carbocycles. The van der Waals surface area contributed by atoms with Gasteiger partial charge in [0.2, 0.25) is 0 Å². The summed E-state index contributed by atoms with van der Waals surface area (Å²) in [5, 5.41) is 0. The van der Waals surface area contributed by atoms with Crippen LogP contribution in [0.15, 0.2) is 48.6 Å². The van der Waals surface area contributed by atoms with Gasteiger partial charge in [0.25, 0.3) is 0 Å². The van der Waals surface area contributed by atoms with Crippen molar-refractivity contribution in [3.05, 3.63) is 48.6 Å². The van der Waals surface area contributed by atoms with Crippen LogP contribution in [0.3, 0.4) is 0 Å². The smallest absolute Gasteiger partial charge is 0.306 e. The van der Waals surface area contributed by atoms with Crippen LogP contribution < -0.4 is 0 Å². The van der Waals surface area contributed by atoms with Gasteiger partial charge < -0.3 is 4.74 Å². The van der Waals surface area contributed by atoms with Crippen molar-refractivity contribution in [2.45, 2.75) is 118 Å². The summed E-state index contributed by atoms with van der Waals surface area (Å²) >= 11 is 0. The van der Waals surface area contributed by atoms with Gasteiger partial charge in [-0.25, -0.2) is 0 Å². The predicted octanol–water partition coefficient (Wildman–Crippen LogP) is 8.89. The Morgan fingerprint density at radius 2 is 1.27 bits per heavy atom. The van der Waals surface area contributed by atoms with E-state index in [4.69, 9.17) is 4.74 Å². The maximum absolute atomic E-state index is 12.0. The molecule has 0 rings (SSSR count). The molecule has 0 aliphatic rings. The van der Waals surface area contributed by atoms with Gasteiger partial charge >= 0.3 is 5.97 Å². The van der Waals surface area contributed by atoms with E-state index in [9.17, 15) is 4.79 Å². The van der Waals surface area contributed by atoms with Crippen molar-refractivity contribution in [3.8, 4) is 0 Å². The van der Waals surface area contributed by atoms with Crippen LogP contribution in [-0.2, 0) is 9.53 Å². The highest BCUT2D eigenvalue weighted by atomic mass is 16.5. The van der Waals surface area contributed by atoms with E-state index in [1.165, 1.54) is 25.7 Å². The second-order valence-electron chi connectivity index (χ2n) is 9.27. The van der Waals surface area contributed by atoms with Gasteiger partial charge in [0, 0.05) is 6.42 Å². The molecule has 0 spiro atoms. The van der Waals surface area contributed by atoms with Crippen LogP contribution in [0.2, 0.25) is 0 Å². The summed E-state index contributed by atoms with van der Waals surface area (Å²) in [7, 11) is 0. The molecule has 2 nitrogen and oxygen atoms in total. The van der Waals surface area contributed by atoms with Crippen molar-refractivity contribution >= 4 is 5.97 Å². The number of unbranched alkanes of at least 4 members (excludes halogenated alkanes) is 4. The van der Waals surface area contributed by atoms with Crippen LogP contribution in [0.25, 0.3) is 0 Å². The topological polar surface area (TPSA) is 26.3 Å². The quantitative estimate of drug-likeness (QED) is 0.134. The lowest BCUT2D eigenvalue weighted by Gasteiger charge is -2.25. The van der Waals surface area contributed by atoms with Gasteiger partial charge in [-0.1, -0.05) is 96.1 Å². The molecule has 1 unspecified atom stereocenters. The highest BCUT2D eigenvalue weighted by molar-refractivity contribution is 5.69. The zero-order valence-electron chi connectivity index (χ0n) is 20.5. The van der Waals surface area contributed by atoms with Crippen LogP contribution in [0.1, 0.15) is 112 Å². The summed E-state index contributed by atoms with van der Waals surface area (Å²) in [5.74, 6) is -0.0537. The van der Waals surface area contributed by atoms with E-state index in [2.05, 4.69) is 83.2 Å². The first-order chi connectivity index (χ1) is 14.4. The lowest BCUT2D eigenvalue weighted by Crippen LogP contribution is -2.23. The average Bonchev–Trinajstić information content (AvgIpc) is 2.68. The minimum absolute atomic E-state index is 0.0500. The Bertz CT molecular complexity index is 517. The number of hydrogen-bond donors (Lipinski definition) is 0. The van der Waals surface area contributed by atoms with Gasteiger partial charge in [-0.2, -0.15) is 0 Å². The Balaban J connectivity index is 3.70. The molecule has 1 atom stereocenters. The lowest BCUT2D eigenvalue weighted by molar-refractivity contribution is -0.150. The summed E-state index contributed by atoms with van der Waals surface area (Å²) in [6, 6.07) is 0. The normalized spacial score (nSPS) is 13.9. The molecule has 172 valence electrons. The fourth-order valence-corrected chi connectivity index (χ4v) is 3.12. The van der Waals surface area contributed by atoms with Gasteiger partial charge in [-0.15, -0.1) is 0 Å². The SMILES string of the molecule is CCCCC/C=C\C/C=C\C/C=C\C/C=C\CCCC(=O)OC(CC)CC(C)(C)C. The summed E-state index contributed by atoms with van der Waals surface area (Å²) in [6.07, 6.45) is 30.1. The largest absolute Gasteiger partial charge is 0.462 e. The molecule has 0 aromatic heterocycles. The molecule has 0 aliphatic heterocycles. The number of hydrogen-bond acceptors (Lipinski definition) is 2. The van der Waals surface area contributed by atoms with Gasteiger partial charge in [-0.3, -0.25) is 4.79 Å². The average molecular weight is 417 g/mol. The molecule has 30 heavy (non-hydrogen) atoms. The van der Waals surface area contributed by atoms with Gasteiger partial charge in [-0.05, 0) is 63.2 Å². The zero-order valence-corrected chi connectivity index (χ0v) is 20.5. The van der Waals surface area contributed by atoms with Crippen LogP contribution in [0.5, 0.6) is 0 Å². The molecule has 2 heteroatoms. The van der Waals surface area contributed by atoms with E-state index in [0.29, 0.717) is 6.42 Å². The summed E-state index contributed by atoms with van der Waals surface area (Å²) in [4.78, 5) is 12.0. The third-order valence-electron chi connectivity index (χ3n) is 4.80. The summed E-state index contributed by atoms with van der Waals surface area (Å²) in [5.41, 5.74) is 0.192. The Morgan fingerprint density at radius 1 is 0.767 bits per heavy atom. The molecule has 0 N–H and O–H groups in total. The Kier molecular flexibility index (Phi) is 18.4. The van der Waals surface area contributed by atoms with Crippen molar-refractivity contribution in [2.24, 2.45) is 5.41 Å². The number of allylic oxidation sites excluding steroid dienone is 8. The van der Waals surface area contributed by atoms with E-state index in [-0.39, 0.29) is 17.5 Å². The molecule has 0 aliphatic carbocycles. The number of rotatable bonds is 17. The Hall–Kier alpha value is -1.57. The molecule has 0 fully saturated rings. The van der Waals surface area contributed by atoms with Crippen molar-refractivity contribution < 1.29 is 9.53 Å². The summed E-state index contributed by atoms with van der Waals surface area (Å²) < 4.78 is 5.62. The molecule has 0 aromatic carbocycles. The molecule has 0 aromatic rings. The Morgan fingerprint density at radius 3 is 1.73 bits per heavy atom. The summed E-state index contributed by atoms with van der Waals surface area (Å²) in [6.45, 7) is 10.9. The van der Waals surface area contributed by atoms with Gasteiger partial charge in [0.1, 0.15) is 6.10 Å². The lowest BCUT2D eigenvalue weighted by atomic mass is 9.88. The van der Waals surface area contributed by atoms with E-state index in [1.54, 1.807) is 0 Å². The molecule has 0 amide bonds. The first kappa shape index (κ1) is 28.4. The van der Waals surface area contributed by atoms with Gasteiger partial charge in [0.05, 0.1) is 0 Å². The first-order valence-electron chi connectivity index (χ1n) is 12.2. The van der Waals surface area contributed by atoms with E-state index < -0.39 is 0 Å². The molecule has 0 bridgehead atoms. The molecule has 0 saturated heterocycles. The van der Waals surface area contributed by atoms with E-state index in [0.717, 1.165) is 44.9 Å². The fourth-order valence-electron chi connectivity index (χ4n) is 3.12. The van der Waals surface area contributed by atoms with E-state index >= 15 is 0 Å².